The lowest BCUT2D eigenvalue weighted by Crippen LogP contribution is -2.23. The molecular weight excluding hydrogens is 560 g/mol. The molecule has 2 fully saturated rings. The molecule has 4 aromatic rings. The quantitative estimate of drug-likeness (QED) is 0.147. The number of nitrogens with one attached hydrogen (secondary N) is 3. The second-order valence-electron chi connectivity index (χ2n) is 12.7. The predicted molar refractivity (Wildman–Crippen MR) is 180 cm³/mol. The number of nitrogens with zero attached hydrogens (tertiary/aromatic N) is 2. The first-order valence-corrected chi connectivity index (χ1v) is 16.0. The van der Waals surface area contributed by atoms with Crippen molar-refractivity contribution in [1.82, 2.24) is 15.3 Å². The van der Waals surface area contributed by atoms with Gasteiger partial charge < -0.3 is 21.7 Å². The first kappa shape index (κ1) is 30.6. The lowest BCUT2D eigenvalue weighted by Gasteiger charge is -2.17. The van der Waals surface area contributed by atoms with Crippen LogP contribution in [0.3, 0.4) is 0 Å². The van der Waals surface area contributed by atoms with Crippen molar-refractivity contribution in [2.75, 3.05) is 10.6 Å². The number of nitrogens with two attached hydrogens (primary N) is 1. The predicted octanol–water partition coefficient (Wildman–Crippen LogP) is 6.98. The molecule has 0 spiro atoms. The molecule has 45 heavy (non-hydrogen) atoms. The van der Waals surface area contributed by atoms with Crippen LogP contribution in [-0.4, -0.2) is 27.8 Å². The molecule has 0 radical (unpaired) electrons. The molecule has 2 saturated carbocycles. The molecule has 0 atom stereocenters. The number of hydrogen-bond acceptors (Lipinski definition) is 6. The van der Waals surface area contributed by atoms with E-state index in [0.717, 1.165) is 76.9 Å². The third-order valence-electron chi connectivity index (χ3n) is 8.92. The van der Waals surface area contributed by atoms with Crippen molar-refractivity contribution in [1.29, 1.82) is 0 Å². The highest BCUT2D eigenvalue weighted by molar-refractivity contribution is 6.05. The van der Waals surface area contributed by atoms with Gasteiger partial charge in [-0.25, -0.2) is 0 Å². The van der Waals surface area contributed by atoms with Crippen molar-refractivity contribution >= 4 is 23.2 Å². The molecule has 8 heteroatoms. The van der Waals surface area contributed by atoms with Gasteiger partial charge in [-0.15, -0.1) is 0 Å². The van der Waals surface area contributed by atoms with Crippen molar-refractivity contribution in [3.05, 3.63) is 106 Å². The minimum Gasteiger partial charge on any atom is -0.326 e. The van der Waals surface area contributed by atoms with Gasteiger partial charge in [0, 0.05) is 42.9 Å². The maximum atomic E-state index is 13.4. The van der Waals surface area contributed by atoms with Crippen molar-refractivity contribution < 1.29 is 9.59 Å². The summed E-state index contributed by atoms with van der Waals surface area (Å²) in [6.45, 7) is 9.41. The van der Waals surface area contributed by atoms with E-state index in [-0.39, 0.29) is 11.8 Å². The SMILES string of the molecule is Cc1c(NC(=O)c2cc(C3CC3)c(CN)cn2)cccc1-c1cccc(NC(=O)c2cc(C3CC3)c(CNC(C)C)cn2)c1C. The number of hydrogen-bond donors (Lipinski definition) is 4. The number of aromatic nitrogens is 2. The second-order valence-corrected chi connectivity index (χ2v) is 12.7. The van der Waals surface area contributed by atoms with Gasteiger partial charge >= 0.3 is 0 Å². The third kappa shape index (κ3) is 6.82. The number of benzene rings is 2. The number of anilines is 2. The first-order valence-electron chi connectivity index (χ1n) is 16.0. The normalized spacial score (nSPS) is 14.4. The fraction of sp³-hybridized carbons (Fsp3) is 0.351. The molecule has 0 saturated heterocycles. The monoisotopic (exact) mass is 602 g/mol. The van der Waals surface area contributed by atoms with E-state index in [4.69, 9.17) is 5.73 Å². The summed E-state index contributed by atoms with van der Waals surface area (Å²) in [6.07, 6.45) is 8.13. The van der Waals surface area contributed by atoms with Crippen LogP contribution in [0.5, 0.6) is 0 Å². The van der Waals surface area contributed by atoms with Crippen LogP contribution in [0.25, 0.3) is 11.1 Å². The van der Waals surface area contributed by atoms with E-state index in [1.54, 1.807) is 6.20 Å². The van der Waals surface area contributed by atoms with E-state index in [2.05, 4.69) is 39.8 Å². The highest BCUT2D eigenvalue weighted by Crippen LogP contribution is 2.43. The molecular formula is C37H42N6O2. The average Bonchev–Trinajstić information content (AvgIpc) is 3.96. The molecule has 0 aliphatic heterocycles. The lowest BCUT2D eigenvalue weighted by atomic mass is 9.94. The molecule has 0 unspecified atom stereocenters. The summed E-state index contributed by atoms with van der Waals surface area (Å²) in [6, 6.07) is 16.0. The summed E-state index contributed by atoms with van der Waals surface area (Å²) in [5, 5.41) is 9.65. The maximum absolute atomic E-state index is 13.4. The Bertz CT molecular complexity index is 1760. The van der Waals surface area contributed by atoms with Gasteiger partial charge in [-0.3, -0.25) is 19.6 Å². The van der Waals surface area contributed by atoms with Crippen molar-refractivity contribution in [3.63, 3.8) is 0 Å². The number of amides is 2. The minimum atomic E-state index is -0.248. The molecule has 2 aliphatic carbocycles. The van der Waals surface area contributed by atoms with Crippen LogP contribution in [0.1, 0.15) is 106 Å². The topological polar surface area (TPSA) is 122 Å². The highest BCUT2D eigenvalue weighted by Gasteiger charge is 2.28. The van der Waals surface area contributed by atoms with Gasteiger partial charge in [0.05, 0.1) is 0 Å². The summed E-state index contributed by atoms with van der Waals surface area (Å²) in [5.41, 5.74) is 16.5. The summed E-state index contributed by atoms with van der Waals surface area (Å²) < 4.78 is 0. The van der Waals surface area contributed by atoms with Crippen LogP contribution in [0, 0.1) is 13.8 Å². The molecule has 232 valence electrons. The number of rotatable bonds is 11. The van der Waals surface area contributed by atoms with Crippen LogP contribution >= 0.6 is 0 Å². The van der Waals surface area contributed by atoms with E-state index < -0.39 is 0 Å². The van der Waals surface area contributed by atoms with E-state index >= 15 is 0 Å². The largest absolute Gasteiger partial charge is 0.326 e. The Morgan fingerprint density at radius 2 is 1.24 bits per heavy atom. The number of pyridine rings is 2. The van der Waals surface area contributed by atoms with Crippen molar-refractivity contribution in [3.8, 4) is 11.1 Å². The van der Waals surface area contributed by atoms with Crippen molar-refractivity contribution in [2.45, 2.75) is 84.3 Å². The molecule has 2 aromatic carbocycles. The smallest absolute Gasteiger partial charge is 0.274 e. The zero-order chi connectivity index (χ0) is 31.7. The Morgan fingerprint density at radius 3 is 1.69 bits per heavy atom. The van der Waals surface area contributed by atoms with Crippen LogP contribution in [0.15, 0.2) is 60.9 Å². The number of carbonyl (C=O) groups is 2. The zero-order valence-electron chi connectivity index (χ0n) is 26.5. The van der Waals surface area contributed by atoms with Crippen LogP contribution < -0.4 is 21.7 Å². The van der Waals surface area contributed by atoms with Crippen molar-refractivity contribution in [2.24, 2.45) is 5.73 Å². The van der Waals surface area contributed by atoms with Gasteiger partial charge in [-0.1, -0.05) is 38.1 Å². The zero-order valence-corrected chi connectivity index (χ0v) is 26.5. The van der Waals surface area contributed by atoms with Gasteiger partial charge in [0.25, 0.3) is 11.8 Å². The molecule has 6 rings (SSSR count). The Morgan fingerprint density at radius 1 is 0.778 bits per heavy atom. The summed E-state index contributed by atoms with van der Waals surface area (Å²) in [7, 11) is 0. The maximum Gasteiger partial charge on any atom is 0.274 e. The standard InChI is InChI=1S/C37H42N6O2/c1-21(2)39-19-27-20-41-35(16-31(27)25-13-14-25)37(45)43-33-10-6-8-29(23(33)4)28-7-5-9-32(22(28)3)42-36(44)34-15-30(24-11-12-24)26(17-38)18-40-34/h5-10,15-16,18,20-21,24-25,39H,11-14,17,19,38H2,1-4H3,(H,42,44)(H,43,45). The van der Waals surface area contributed by atoms with Gasteiger partial charge in [-0.05, 0) is 120 Å². The van der Waals surface area contributed by atoms with E-state index in [9.17, 15) is 9.59 Å². The summed E-state index contributed by atoms with van der Waals surface area (Å²) >= 11 is 0. The van der Waals surface area contributed by atoms with Crippen LogP contribution in [-0.2, 0) is 13.1 Å². The highest BCUT2D eigenvalue weighted by atomic mass is 16.2. The third-order valence-corrected chi connectivity index (χ3v) is 8.92. The Hall–Kier alpha value is -4.40. The number of carbonyl (C=O) groups excluding carboxylic acids is 2. The molecule has 0 bridgehead atoms. The van der Waals surface area contributed by atoms with Gasteiger partial charge in [-0.2, -0.15) is 0 Å². The second kappa shape index (κ2) is 12.9. The van der Waals surface area contributed by atoms with Crippen LogP contribution in [0.2, 0.25) is 0 Å². The lowest BCUT2D eigenvalue weighted by molar-refractivity contribution is 0.101. The summed E-state index contributed by atoms with van der Waals surface area (Å²) in [5.74, 6) is 0.506. The Kier molecular flexibility index (Phi) is 8.79. The fourth-order valence-electron chi connectivity index (χ4n) is 5.93. The molecule has 8 nitrogen and oxygen atoms in total. The van der Waals surface area contributed by atoms with Gasteiger partial charge in [0.15, 0.2) is 0 Å². The van der Waals surface area contributed by atoms with Gasteiger partial charge in [0.2, 0.25) is 0 Å². The molecule has 2 aromatic heterocycles. The van der Waals surface area contributed by atoms with E-state index in [1.807, 2.05) is 68.6 Å². The average molecular weight is 603 g/mol. The molecule has 2 amide bonds. The first-order chi connectivity index (χ1) is 21.7. The fourth-order valence-corrected chi connectivity index (χ4v) is 5.93. The van der Waals surface area contributed by atoms with Gasteiger partial charge in [0.1, 0.15) is 11.4 Å². The Balaban J connectivity index is 1.21. The summed E-state index contributed by atoms with van der Waals surface area (Å²) in [4.78, 5) is 35.6. The van der Waals surface area contributed by atoms with E-state index in [1.165, 1.54) is 5.56 Å². The van der Waals surface area contributed by atoms with E-state index in [0.29, 0.717) is 41.5 Å². The molecule has 2 aliphatic rings. The Labute approximate surface area is 265 Å². The molecule has 5 N–H and O–H groups in total. The van der Waals surface area contributed by atoms with Crippen LogP contribution in [0.4, 0.5) is 11.4 Å². The molecule has 2 heterocycles. The minimum absolute atomic E-state index is 0.225.